The average molecular weight is 872 g/mol. The van der Waals surface area contributed by atoms with Crippen molar-refractivity contribution in [2.45, 2.75) is 0 Å². The minimum atomic E-state index is 0. The van der Waals surface area contributed by atoms with Gasteiger partial charge in [0.2, 0.25) is 0 Å². The number of pyridine rings is 2. The van der Waals surface area contributed by atoms with Crippen molar-refractivity contribution in [3.8, 4) is 34.1 Å². The van der Waals surface area contributed by atoms with E-state index in [4.69, 9.17) is 9.72 Å². The third kappa shape index (κ3) is 5.18. The Morgan fingerprint density at radius 3 is 1.69 bits per heavy atom. The van der Waals surface area contributed by atoms with Gasteiger partial charge in [-0.25, -0.2) is 0 Å². The summed E-state index contributed by atoms with van der Waals surface area (Å²) in [6.45, 7) is 0. The Morgan fingerprint density at radius 2 is 1.02 bits per heavy atom. The normalized spacial score (nSPS) is 11.8. The molecule has 13 aromatic rings. The molecule has 0 fully saturated rings. The molecule has 61 heavy (non-hydrogen) atoms. The molecule has 0 saturated heterocycles. The van der Waals surface area contributed by atoms with E-state index in [1.165, 1.54) is 21.5 Å². The summed E-state index contributed by atoms with van der Waals surface area (Å²) in [7, 11) is 0. The number of aromatic nitrogens is 5. The predicted octanol–water partition coefficient (Wildman–Crippen LogP) is 13.4. The molecule has 7 heteroatoms. The van der Waals surface area contributed by atoms with E-state index < -0.39 is 0 Å². The number of nitrogens with zero attached hydrogens (tertiary/aromatic N) is 5. The standard InChI is InChI=1S/C54H31N5O.Pd/c1-3-17-35(18-4-1)57-45-26-10-7-22-40(45)49-51(57)48-39-30-29-38(60-37-21-15-16-34(32-37)43-24-13-14-31-55-43)33-42(39)54-56-44-25-9-12-28-47(44)59(54)53(48)50-41-23-8-11-27-46(41)58(52(49)50)36-19-5-2-6-20-36;/h1-31H;/q-2;+2. The van der Waals surface area contributed by atoms with Gasteiger partial charge in [0, 0.05) is 56.1 Å². The van der Waals surface area contributed by atoms with Crippen LogP contribution in [-0.2, 0) is 20.4 Å². The maximum absolute atomic E-state index is 6.61. The van der Waals surface area contributed by atoms with Gasteiger partial charge in [-0.05, 0) is 65.7 Å². The molecule has 0 radical (unpaired) electrons. The van der Waals surface area contributed by atoms with Gasteiger partial charge in [-0.2, -0.15) is 0 Å². The number of imidazole rings is 1. The van der Waals surface area contributed by atoms with Crippen LogP contribution in [-0.4, -0.2) is 23.5 Å². The first-order chi connectivity index (χ1) is 29.8. The second-order valence-corrected chi connectivity index (χ2v) is 15.2. The summed E-state index contributed by atoms with van der Waals surface area (Å²) in [5.41, 5.74) is 12.3. The smallest absolute Gasteiger partial charge is 0.497 e. The Morgan fingerprint density at radius 1 is 0.443 bits per heavy atom. The Kier molecular flexibility index (Phi) is 7.98. The van der Waals surface area contributed by atoms with Crippen molar-refractivity contribution in [1.82, 2.24) is 23.5 Å². The van der Waals surface area contributed by atoms with Gasteiger partial charge in [0.25, 0.3) is 0 Å². The van der Waals surface area contributed by atoms with Crippen molar-refractivity contribution < 1.29 is 25.2 Å². The maximum atomic E-state index is 6.61. The second kappa shape index (κ2) is 13.8. The third-order valence-electron chi connectivity index (χ3n) is 11.9. The minimum Gasteiger partial charge on any atom is -0.497 e. The minimum absolute atomic E-state index is 0. The van der Waals surface area contributed by atoms with Gasteiger partial charge in [0.1, 0.15) is 0 Å². The van der Waals surface area contributed by atoms with Gasteiger partial charge in [0.15, 0.2) is 0 Å². The summed E-state index contributed by atoms with van der Waals surface area (Å²) >= 11 is 0. The molecular weight excluding hydrogens is 841 g/mol. The van der Waals surface area contributed by atoms with E-state index in [1.54, 1.807) is 6.20 Å². The van der Waals surface area contributed by atoms with Crippen LogP contribution >= 0.6 is 0 Å². The van der Waals surface area contributed by atoms with E-state index in [9.17, 15) is 0 Å². The molecule has 0 amide bonds. The predicted molar refractivity (Wildman–Crippen MR) is 244 cm³/mol. The molecule has 6 nitrogen and oxygen atoms in total. The topological polar surface area (TPSA) is 49.3 Å². The first-order valence-electron chi connectivity index (χ1n) is 20.1. The summed E-state index contributed by atoms with van der Waals surface area (Å²) in [5.74, 6) is 1.16. The molecule has 0 aliphatic carbocycles. The molecule has 5 aromatic heterocycles. The Labute approximate surface area is 363 Å². The first-order valence-corrected chi connectivity index (χ1v) is 20.1. The molecule has 288 valence electrons. The fourth-order valence-corrected chi connectivity index (χ4v) is 9.48. The van der Waals surface area contributed by atoms with Gasteiger partial charge in [0.05, 0.1) is 38.7 Å². The molecule has 0 saturated carbocycles. The molecule has 8 aromatic carbocycles. The maximum Gasteiger partial charge on any atom is 2.00 e. The van der Waals surface area contributed by atoms with Gasteiger partial charge < -0.3 is 23.3 Å². The van der Waals surface area contributed by atoms with Crippen LogP contribution in [0.2, 0.25) is 0 Å². The quantitative estimate of drug-likeness (QED) is 0.0983. The van der Waals surface area contributed by atoms with Gasteiger partial charge in [-0.15, -0.1) is 29.8 Å². The van der Waals surface area contributed by atoms with E-state index in [2.05, 4.69) is 170 Å². The van der Waals surface area contributed by atoms with Gasteiger partial charge in [-0.3, -0.25) is 4.98 Å². The Balaban J connectivity index is 0.00000399. The molecule has 0 N–H and O–H groups in total. The third-order valence-corrected chi connectivity index (χ3v) is 11.9. The number of rotatable bonds is 5. The van der Waals surface area contributed by atoms with E-state index >= 15 is 0 Å². The summed E-state index contributed by atoms with van der Waals surface area (Å²) in [6, 6.07) is 70.7. The van der Waals surface area contributed by atoms with Crippen molar-refractivity contribution in [2.75, 3.05) is 0 Å². The number of ether oxygens (including phenoxy) is 1. The molecule has 0 aliphatic heterocycles. The average Bonchev–Trinajstić information content (AvgIpc) is 3.99. The van der Waals surface area contributed by atoms with E-state index in [0.717, 1.165) is 83.1 Å². The van der Waals surface area contributed by atoms with Crippen LogP contribution in [0.3, 0.4) is 0 Å². The van der Waals surface area contributed by atoms with Crippen molar-refractivity contribution in [1.29, 1.82) is 0 Å². The van der Waals surface area contributed by atoms with Crippen LogP contribution in [0.25, 0.3) is 105 Å². The number of para-hydroxylation sites is 6. The van der Waals surface area contributed by atoms with Crippen LogP contribution in [0, 0.1) is 12.1 Å². The largest absolute Gasteiger partial charge is 2.00 e. The molecule has 0 unspecified atom stereocenters. The summed E-state index contributed by atoms with van der Waals surface area (Å²) in [4.78, 5) is 9.94. The molecular formula is C54H31N5OPd. The van der Waals surface area contributed by atoms with E-state index in [0.29, 0.717) is 11.5 Å². The zero-order chi connectivity index (χ0) is 39.3. The SMILES string of the molecule is [Pd+2].[c-]1c(Oc2[c-]c3c(cc2)c2c4c(c5ccccc5n4-c4ccccc4)c4c(c5ccccc5n4-c4ccccc4)c2n2c4ccccc4nc32)cccc1-c1ccccn1. The van der Waals surface area contributed by atoms with Crippen molar-refractivity contribution in [2.24, 2.45) is 0 Å². The number of hydrogen-bond donors (Lipinski definition) is 0. The number of fused-ring (bicyclic) bond motifs is 17. The van der Waals surface area contributed by atoms with Crippen molar-refractivity contribution in [3.05, 3.63) is 200 Å². The Hall–Kier alpha value is -7.56. The van der Waals surface area contributed by atoms with Crippen LogP contribution in [0.4, 0.5) is 0 Å². The van der Waals surface area contributed by atoms with Gasteiger partial charge >= 0.3 is 20.4 Å². The van der Waals surface area contributed by atoms with Gasteiger partial charge in [-0.1, -0.05) is 126 Å². The molecule has 13 rings (SSSR count). The molecule has 5 heterocycles. The second-order valence-electron chi connectivity index (χ2n) is 15.2. The number of benzene rings is 8. The Bertz CT molecular complexity index is 3850. The molecule has 0 atom stereocenters. The molecule has 0 aliphatic rings. The van der Waals surface area contributed by atoms with Crippen molar-refractivity contribution in [3.63, 3.8) is 0 Å². The van der Waals surface area contributed by atoms with E-state index in [1.807, 2.05) is 42.5 Å². The fourth-order valence-electron chi connectivity index (χ4n) is 9.48. The van der Waals surface area contributed by atoms with Crippen LogP contribution in [0.15, 0.2) is 188 Å². The molecule has 0 spiro atoms. The summed E-state index contributed by atoms with van der Waals surface area (Å²) in [6.07, 6.45) is 1.79. The van der Waals surface area contributed by atoms with Crippen LogP contribution in [0.1, 0.15) is 0 Å². The summed E-state index contributed by atoms with van der Waals surface area (Å²) in [5, 5.41) is 7.73. The first kappa shape index (κ1) is 35.4. The van der Waals surface area contributed by atoms with E-state index in [-0.39, 0.29) is 20.4 Å². The van der Waals surface area contributed by atoms with Crippen LogP contribution < -0.4 is 4.74 Å². The number of hydrogen-bond acceptors (Lipinski definition) is 3. The summed E-state index contributed by atoms with van der Waals surface area (Å²) < 4.78 is 13.9. The fraction of sp³-hybridized carbons (Fsp3) is 0. The zero-order valence-electron chi connectivity index (χ0n) is 32.4. The van der Waals surface area contributed by atoms with Crippen molar-refractivity contribution >= 4 is 82.0 Å². The van der Waals surface area contributed by atoms with Crippen LogP contribution in [0.5, 0.6) is 11.5 Å². The molecule has 0 bridgehead atoms. The zero-order valence-corrected chi connectivity index (χ0v) is 33.9. The monoisotopic (exact) mass is 871 g/mol.